The lowest BCUT2D eigenvalue weighted by Crippen LogP contribution is -2.24. The largest absolute Gasteiger partial charge is 0.507 e. The molecule has 1 amide bonds. The highest BCUT2D eigenvalue weighted by atomic mass is 16.7. The third-order valence-corrected chi connectivity index (χ3v) is 3.11. The maximum atomic E-state index is 11.8. The predicted molar refractivity (Wildman–Crippen MR) is 88.3 cm³/mol. The molecule has 0 fully saturated rings. The Bertz CT molecular complexity index is 758. The number of hydrogen-bond donors (Lipinski definition) is 3. The lowest BCUT2D eigenvalue weighted by Gasteiger charge is -2.16. The van der Waals surface area contributed by atoms with Crippen LogP contribution in [0.25, 0.3) is 0 Å². The quantitative estimate of drug-likeness (QED) is 0.543. The van der Waals surface area contributed by atoms with Gasteiger partial charge >= 0.3 is 12.1 Å². The molecule has 2 aromatic rings. The molecule has 25 heavy (non-hydrogen) atoms. The van der Waals surface area contributed by atoms with E-state index < -0.39 is 24.1 Å². The summed E-state index contributed by atoms with van der Waals surface area (Å²) < 4.78 is 15.5. The number of phenols is 1. The van der Waals surface area contributed by atoms with E-state index in [2.05, 4.69) is 5.32 Å². The van der Waals surface area contributed by atoms with Crippen LogP contribution < -0.4 is 14.8 Å². The molecule has 0 spiro atoms. The van der Waals surface area contributed by atoms with Crippen molar-refractivity contribution < 1.29 is 34.0 Å². The van der Waals surface area contributed by atoms with E-state index in [0.717, 1.165) is 12.1 Å². The Balaban J connectivity index is 1.92. The maximum Gasteiger partial charge on any atom is 0.414 e. The molecule has 1 atom stereocenters. The van der Waals surface area contributed by atoms with Crippen molar-refractivity contribution in [3.63, 3.8) is 0 Å². The fraction of sp³-hybridized carbons (Fsp3) is 0.176. The normalized spacial score (nSPS) is 11.3. The fourth-order valence-corrected chi connectivity index (χ4v) is 1.95. The standard InChI is InChI=1S/C17H17NO7/c1-10(24-13-6-4-12(23-2)5-7-13)25-17(22)18-11-3-8-15(19)14(9-11)16(20)21/h3-10,19H,1-2H3,(H,18,22)(H,20,21). The lowest BCUT2D eigenvalue weighted by atomic mass is 10.2. The number of anilines is 1. The molecule has 0 saturated carbocycles. The topological polar surface area (TPSA) is 114 Å². The molecule has 0 aliphatic heterocycles. The Morgan fingerprint density at radius 2 is 1.72 bits per heavy atom. The van der Waals surface area contributed by atoms with Gasteiger partial charge in [-0.05, 0) is 42.5 Å². The number of nitrogens with one attached hydrogen (secondary N) is 1. The number of carbonyl (C=O) groups excluding carboxylic acids is 1. The zero-order valence-corrected chi connectivity index (χ0v) is 13.6. The van der Waals surface area contributed by atoms with Crippen molar-refractivity contribution in [3.8, 4) is 17.2 Å². The van der Waals surface area contributed by atoms with Gasteiger partial charge in [0.05, 0.1) is 7.11 Å². The van der Waals surface area contributed by atoms with Gasteiger partial charge in [-0.25, -0.2) is 9.59 Å². The van der Waals surface area contributed by atoms with E-state index in [4.69, 9.17) is 19.3 Å². The average Bonchev–Trinajstić information content (AvgIpc) is 2.56. The summed E-state index contributed by atoms with van der Waals surface area (Å²) in [5, 5.41) is 20.7. The second-order valence-corrected chi connectivity index (χ2v) is 4.93. The molecule has 0 bridgehead atoms. The number of carboxylic acids is 1. The molecule has 0 heterocycles. The third-order valence-electron chi connectivity index (χ3n) is 3.11. The van der Waals surface area contributed by atoms with Crippen molar-refractivity contribution in [2.45, 2.75) is 13.2 Å². The van der Waals surface area contributed by atoms with Gasteiger partial charge in [-0.15, -0.1) is 0 Å². The zero-order valence-electron chi connectivity index (χ0n) is 13.6. The lowest BCUT2D eigenvalue weighted by molar-refractivity contribution is -0.0119. The van der Waals surface area contributed by atoms with Gasteiger partial charge in [0.25, 0.3) is 0 Å². The number of rotatable bonds is 6. The van der Waals surface area contributed by atoms with Gasteiger partial charge in [-0.2, -0.15) is 0 Å². The minimum atomic E-state index is -1.31. The van der Waals surface area contributed by atoms with Crippen LogP contribution in [0.5, 0.6) is 17.2 Å². The Morgan fingerprint density at radius 1 is 1.08 bits per heavy atom. The summed E-state index contributed by atoms with van der Waals surface area (Å²) in [6, 6.07) is 10.4. The van der Waals surface area contributed by atoms with Crippen LogP contribution in [-0.2, 0) is 4.74 Å². The van der Waals surface area contributed by atoms with Crippen molar-refractivity contribution >= 4 is 17.7 Å². The fourth-order valence-electron chi connectivity index (χ4n) is 1.95. The summed E-state index contributed by atoms with van der Waals surface area (Å²) in [5.41, 5.74) is -0.169. The van der Waals surface area contributed by atoms with Crippen LogP contribution in [-0.4, -0.2) is 35.7 Å². The summed E-state index contributed by atoms with van der Waals surface area (Å²) in [7, 11) is 1.55. The number of aromatic hydroxyl groups is 1. The van der Waals surface area contributed by atoms with Crippen LogP contribution in [0.2, 0.25) is 0 Å². The molecule has 8 nitrogen and oxygen atoms in total. The number of ether oxygens (including phenoxy) is 3. The van der Waals surface area contributed by atoms with Gasteiger partial charge in [0.1, 0.15) is 22.8 Å². The van der Waals surface area contributed by atoms with Gasteiger partial charge in [0.2, 0.25) is 6.29 Å². The number of aromatic carboxylic acids is 1. The maximum absolute atomic E-state index is 11.8. The number of amides is 1. The van der Waals surface area contributed by atoms with Crippen LogP contribution in [0, 0.1) is 0 Å². The van der Waals surface area contributed by atoms with Crippen LogP contribution in [0.3, 0.4) is 0 Å². The monoisotopic (exact) mass is 347 g/mol. The van der Waals surface area contributed by atoms with Crippen LogP contribution in [0.1, 0.15) is 17.3 Å². The van der Waals surface area contributed by atoms with Crippen molar-refractivity contribution in [1.82, 2.24) is 0 Å². The van der Waals surface area contributed by atoms with Crippen LogP contribution in [0.4, 0.5) is 10.5 Å². The van der Waals surface area contributed by atoms with E-state index in [1.807, 2.05) is 0 Å². The summed E-state index contributed by atoms with van der Waals surface area (Å²) in [6.07, 6.45) is -1.72. The molecular formula is C17H17NO7. The zero-order chi connectivity index (χ0) is 18.4. The number of hydrogen-bond acceptors (Lipinski definition) is 6. The van der Waals surface area contributed by atoms with Gasteiger partial charge in [0, 0.05) is 12.6 Å². The number of carboxylic acid groups (broad SMARTS) is 1. The molecule has 0 aliphatic carbocycles. The first kappa shape index (κ1) is 17.9. The minimum absolute atomic E-state index is 0.164. The van der Waals surface area contributed by atoms with E-state index in [-0.39, 0.29) is 11.3 Å². The van der Waals surface area contributed by atoms with Gasteiger partial charge < -0.3 is 24.4 Å². The first-order valence-corrected chi connectivity index (χ1v) is 7.23. The van der Waals surface area contributed by atoms with E-state index in [0.29, 0.717) is 11.5 Å². The van der Waals surface area contributed by atoms with Gasteiger partial charge in [-0.1, -0.05) is 0 Å². The molecule has 0 aliphatic rings. The molecule has 0 saturated heterocycles. The van der Waals surface area contributed by atoms with E-state index >= 15 is 0 Å². The molecular weight excluding hydrogens is 330 g/mol. The number of carbonyl (C=O) groups is 2. The first-order valence-electron chi connectivity index (χ1n) is 7.23. The SMILES string of the molecule is COc1ccc(OC(C)OC(=O)Nc2ccc(O)c(C(=O)O)c2)cc1. The van der Waals surface area contributed by atoms with E-state index in [1.54, 1.807) is 31.4 Å². The van der Waals surface area contributed by atoms with Crippen LogP contribution >= 0.6 is 0 Å². The Hall–Kier alpha value is -3.42. The molecule has 2 rings (SSSR count). The highest BCUT2D eigenvalue weighted by Crippen LogP contribution is 2.22. The highest BCUT2D eigenvalue weighted by Gasteiger charge is 2.14. The number of benzene rings is 2. The minimum Gasteiger partial charge on any atom is -0.507 e. The van der Waals surface area contributed by atoms with Crippen molar-refractivity contribution in [1.29, 1.82) is 0 Å². The molecule has 2 aromatic carbocycles. The summed E-state index contributed by atoms with van der Waals surface area (Å²) >= 11 is 0. The molecule has 3 N–H and O–H groups in total. The Morgan fingerprint density at radius 3 is 2.32 bits per heavy atom. The van der Waals surface area contributed by atoms with E-state index in [9.17, 15) is 14.7 Å². The summed E-state index contributed by atoms with van der Waals surface area (Å²) in [5.74, 6) is -0.563. The summed E-state index contributed by atoms with van der Waals surface area (Å²) in [4.78, 5) is 22.8. The Kier molecular flexibility index (Phi) is 5.67. The predicted octanol–water partition coefficient (Wildman–Crippen LogP) is 3.07. The molecule has 0 aromatic heterocycles. The third kappa shape index (κ3) is 5.03. The molecule has 1 unspecified atom stereocenters. The van der Waals surface area contributed by atoms with E-state index in [1.165, 1.54) is 13.0 Å². The van der Waals surface area contributed by atoms with Crippen molar-refractivity contribution in [3.05, 3.63) is 48.0 Å². The van der Waals surface area contributed by atoms with Crippen molar-refractivity contribution in [2.24, 2.45) is 0 Å². The number of methoxy groups -OCH3 is 1. The molecule has 0 radical (unpaired) electrons. The second-order valence-electron chi connectivity index (χ2n) is 4.93. The molecule has 8 heteroatoms. The highest BCUT2D eigenvalue weighted by molar-refractivity contribution is 5.93. The van der Waals surface area contributed by atoms with Crippen LogP contribution in [0.15, 0.2) is 42.5 Å². The Labute approximate surface area is 143 Å². The summed E-state index contributed by atoms with van der Waals surface area (Å²) in [6.45, 7) is 1.53. The first-order chi connectivity index (χ1) is 11.9. The van der Waals surface area contributed by atoms with Crippen molar-refractivity contribution in [2.75, 3.05) is 12.4 Å². The average molecular weight is 347 g/mol. The second kappa shape index (κ2) is 7.91. The van der Waals surface area contributed by atoms with Gasteiger partial charge in [0.15, 0.2) is 0 Å². The van der Waals surface area contributed by atoms with Gasteiger partial charge in [-0.3, -0.25) is 5.32 Å². The molecule has 132 valence electrons. The smallest absolute Gasteiger partial charge is 0.414 e.